The number of hydrogen-bond donors (Lipinski definition) is 3. The Morgan fingerprint density at radius 1 is 1.21 bits per heavy atom. The van der Waals surface area contributed by atoms with Crippen molar-refractivity contribution in [1.82, 2.24) is 21.1 Å². The van der Waals surface area contributed by atoms with Gasteiger partial charge in [-0.1, -0.05) is 42.0 Å². The minimum Gasteiger partial charge on any atom is -0.497 e. The van der Waals surface area contributed by atoms with Crippen LogP contribution in [0.25, 0.3) is 0 Å². The van der Waals surface area contributed by atoms with E-state index in [1.165, 1.54) is 11.1 Å². The molecule has 1 saturated heterocycles. The van der Waals surface area contributed by atoms with E-state index in [0.717, 1.165) is 11.3 Å². The van der Waals surface area contributed by atoms with Gasteiger partial charge in [-0.2, -0.15) is 0 Å². The highest BCUT2D eigenvalue weighted by Crippen LogP contribution is 2.25. The van der Waals surface area contributed by atoms with E-state index in [1.54, 1.807) is 7.11 Å². The number of hydrazine groups is 1. The monoisotopic (exact) mass is 382 g/mol. The maximum absolute atomic E-state index is 12.7. The summed E-state index contributed by atoms with van der Waals surface area (Å²) in [6.07, 6.45) is 0.691. The largest absolute Gasteiger partial charge is 0.497 e. The molecule has 150 valence electrons. The van der Waals surface area contributed by atoms with Crippen molar-refractivity contribution in [1.29, 1.82) is 0 Å². The Bertz CT molecular complexity index is 791. The van der Waals surface area contributed by atoms with E-state index in [1.807, 2.05) is 38.4 Å². The predicted molar refractivity (Wildman–Crippen MR) is 111 cm³/mol. The second-order valence-corrected chi connectivity index (χ2v) is 7.54. The van der Waals surface area contributed by atoms with E-state index in [9.17, 15) is 4.79 Å². The van der Waals surface area contributed by atoms with Gasteiger partial charge in [0.15, 0.2) is 0 Å². The summed E-state index contributed by atoms with van der Waals surface area (Å²) < 4.78 is 5.29. The summed E-state index contributed by atoms with van der Waals surface area (Å²) in [4.78, 5) is 14.8. The normalized spacial score (nSPS) is 20.2. The van der Waals surface area contributed by atoms with Crippen LogP contribution in [0.4, 0.5) is 0 Å². The van der Waals surface area contributed by atoms with Crippen LogP contribution >= 0.6 is 0 Å². The Labute approximate surface area is 167 Å². The molecule has 28 heavy (non-hydrogen) atoms. The molecule has 3 unspecified atom stereocenters. The lowest BCUT2D eigenvalue weighted by molar-refractivity contribution is -0.123. The smallest absolute Gasteiger partial charge is 0.238 e. The average molecular weight is 383 g/mol. The van der Waals surface area contributed by atoms with Crippen LogP contribution in [0.5, 0.6) is 5.75 Å². The lowest BCUT2D eigenvalue weighted by atomic mass is 10.0. The van der Waals surface area contributed by atoms with Crippen molar-refractivity contribution < 1.29 is 9.53 Å². The fourth-order valence-electron chi connectivity index (χ4n) is 3.51. The molecule has 3 N–H and O–H groups in total. The average Bonchev–Trinajstić information content (AvgIpc) is 3.19. The topological polar surface area (TPSA) is 65.6 Å². The first-order chi connectivity index (χ1) is 13.5. The van der Waals surface area contributed by atoms with E-state index in [4.69, 9.17) is 4.74 Å². The van der Waals surface area contributed by atoms with Gasteiger partial charge in [0.25, 0.3) is 0 Å². The second kappa shape index (κ2) is 9.19. The van der Waals surface area contributed by atoms with Gasteiger partial charge in [0.05, 0.1) is 13.2 Å². The molecular weight excluding hydrogens is 352 g/mol. The summed E-state index contributed by atoms with van der Waals surface area (Å²) in [6.45, 7) is 2.64. The first-order valence-electron chi connectivity index (χ1n) is 9.63. The summed E-state index contributed by atoms with van der Waals surface area (Å²) in [5.41, 5.74) is 9.89. The summed E-state index contributed by atoms with van der Waals surface area (Å²) in [5, 5.41) is 3.11. The quantitative estimate of drug-likeness (QED) is 0.686. The highest BCUT2D eigenvalue weighted by Gasteiger charge is 2.30. The van der Waals surface area contributed by atoms with E-state index in [-0.39, 0.29) is 24.0 Å². The molecule has 6 nitrogen and oxygen atoms in total. The Morgan fingerprint density at radius 2 is 1.96 bits per heavy atom. The molecule has 0 aromatic heterocycles. The molecular formula is C22H30N4O2. The third-order valence-corrected chi connectivity index (χ3v) is 5.27. The third kappa shape index (κ3) is 4.90. The van der Waals surface area contributed by atoms with Crippen LogP contribution in [0.1, 0.15) is 35.2 Å². The van der Waals surface area contributed by atoms with E-state index in [0.29, 0.717) is 13.0 Å². The van der Waals surface area contributed by atoms with Gasteiger partial charge in [0.2, 0.25) is 5.91 Å². The molecule has 6 heteroatoms. The molecule has 1 aliphatic rings. The summed E-state index contributed by atoms with van der Waals surface area (Å²) in [7, 11) is 5.72. The molecule has 1 amide bonds. The molecule has 1 fully saturated rings. The van der Waals surface area contributed by atoms with Gasteiger partial charge >= 0.3 is 0 Å². The van der Waals surface area contributed by atoms with Crippen molar-refractivity contribution >= 4 is 5.91 Å². The van der Waals surface area contributed by atoms with Crippen molar-refractivity contribution in [2.75, 3.05) is 27.7 Å². The number of carbonyl (C=O) groups excluding carboxylic acids is 1. The van der Waals surface area contributed by atoms with Gasteiger partial charge in [-0.05, 0) is 50.7 Å². The Morgan fingerprint density at radius 3 is 2.64 bits per heavy atom. The number of methoxy groups -OCH3 is 1. The van der Waals surface area contributed by atoms with Crippen molar-refractivity contribution in [2.45, 2.75) is 31.5 Å². The molecule has 2 aromatic rings. The molecule has 0 radical (unpaired) electrons. The lowest BCUT2D eigenvalue weighted by Gasteiger charge is -2.26. The maximum atomic E-state index is 12.7. The number of likely N-dealkylation sites (N-methyl/N-ethyl adjacent to an activating group) is 1. The van der Waals surface area contributed by atoms with E-state index in [2.05, 4.69) is 52.3 Å². The molecule has 3 atom stereocenters. The van der Waals surface area contributed by atoms with Crippen LogP contribution in [-0.4, -0.2) is 44.6 Å². The highest BCUT2D eigenvalue weighted by atomic mass is 16.5. The number of amides is 1. The molecule has 1 heterocycles. The second-order valence-electron chi connectivity index (χ2n) is 7.54. The number of carbonyl (C=O) groups is 1. The van der Waals surface area contributed by atoms with Gasteiger partial charge in [0, 0.05) is 12.6 Å². The van der Waals surface area contributed by atoms with Crippen molar-refractivity contribution in [3.05, 3.63) is 65.2 Å². The number of nitrogens with zero attached hydrogens (tertiary/aromatic N) is 1. The number of benzene rings is 2. The van der Waals surface area contributed by atoms with Crippen molar-refractivity contribution in [3.8, 4) is 5.75 Å². The van der Waals surface area contributed by atoms with Crippen molar-refractivity contribution in [3.63, 3.8) is 0 Å². The minimum absolute atomic E-state index is 0.0110. The zero-order chi connectivity index (χ0) is 20.1. The van der Waals surface area contributed by atoms with Gasteiger partial charge < -0.3 is 15.0 Å². The standard InChI is InChI=1S/C22H30N4O2/c1-15-8-10-16(11-9-15)21(26(2)3)14-23-22(27)20-13-19(24-25-20)17-6-5-7-18(12-17)28-4/h5-12,19-21,24-25H,13-14H2,1-4H3,(H,23,27). The molecule has 0 bridgehead atoms. The lowest BCUT2D eigenvalue weighted by Crippen LogP contribution is -2.45. The molecule has 0 aliphatic carbocycles. The first kappa shape index (κ1) is 20.3. The molecule has 1 aliphatic heterocycles. The molecule has 0 saturated carbocycles. The maximum Gasteiger partial charge on any atom is 0.238 e. The molecule has 0 spiro atoms. The predicted octanol–water partition coefficient (Wildman–Crippen LogP) is 2.33. The van der Waals surface area contributed by atoms with Gasteiger partial charge in [0.1, 0.15) is 11.8 Å². The van der Waals surface area contributed by atoms with E-state index >= 15 is 0 Å². The first-order valence-corrected chi connectivity index (χ1v) is 9.63. The van der Waals surface area contributed by atoms with Crippen LogP contribution in [0.15, 0.2) is 48.5 Å². The van der Waals surface area contributed by atoms with Crippen LogP contribution in [0.3, 0.4) is 0 Å². The Kier molecular flexibility index (Phi) is 6.67. The zero-order valence-electron chi connectivity index (χ0n) is 17.0. The number of aryl methyl sites for hydroxylation is 1. The van der Waals surface area contributed by atoms with Gasteiger partial charge in [-0.15, -0.1) is 0 Å². The van der Waals surface area contributed by atoms with Gasteiger partial charge in [-0.3, -0.25) is 4.79 Å². The zero-order valence-corrected chi connectivity index (χ0v) is 17.0. The SMILES string of the molecule is COc1cccc(C2CC(C(=O)NCC(c3ccc(C)cc3)N(C)C)NN2)c1. The highest BCUT2D eigenvalue weighted by molar-refractivity contribution is 5.82. The summed E-state index contributed by atoms with van der Waals surface area (Å²) in [6, 6.07) is 16.3. The molecule has 3 rings (SSSR count). The van der Waals surface area contributed by atoms with Crippen molar-refractivity contribution in [2.24, 2.45) is 0 Å². The summed E-state index contributed by atoms with van der Waals surface area (Å²) >= 11 is 0. The van der Waals surface area contributed by atoms with Crippen LogP contribution in [-0.2, 0) is 4.79 Å². The van der Waals surface area contributed by atoms with Crippen LogP contribution in [0, 0.1) is 6.92 Å². The fraction of sp³-hybridized carbons (Fsp3) is 0.409. The Balaban J connectivity index is 1.57. The number of hydrogen-bond acceptors (Lipinski definition) is 5. The number of nitrogens with one attached hydrogen (secondary N) is 3. The van der Waals surface area contributed by atoms with Gasteiger partial charge in [-0.25, -0.2) is 10.9 Å². The van der Waals surface area contributed by atoms with Crippen LogP contribution in [0.2, 0.25) is 0 Å². The third-order valence-electron chi connectivity index (χ3n) is 5.27. The Hall–Kier alpha value is -2.41. The molecule has 2 aromatic carbocycles. The fourth-order valence-corrected chi connectivity index (χ4v) is 3.51. The minimum atomic E-state index is -0.267. The number of rotatable bonds is 7. The van der Waals surface area contributed by atoms with E-state index < -0.39 is 0 Å². The summed E-state index contributed by atoms with van der Waals surface area (Å²) in [5.74, 6) is 0.830. The van der Waals surface area contributed by atoms with Crippen LogP contribution < -0.4 is 20.9 Å². The number of ether oxygens (including phenoxy) is 1.